The fraction of sp³-hybridized carbons (Fsp3) is 0.400. The Balaban J connectivity index is 1.56. The van der Waals surface area contributed by atoms with Gasteiger partial charge in [0, 0.05) is 38.7 Å². The Morgan fingerprint density at radius 2 is 2.15 bits per heavy atom. The lowest BCUT2D eigenvalue weighted by Gasteiger charge is -2.33. The maximum atomic E-state index is 5.48. The van der Waals surface area contributed by atoms with Gasteiger partial charge in [0.05, 0.1) is 19.0 Å². The standard InChI is InChI=1S/C20H24N6O/c1-25-17(7-9-23-25)19-18(27-2)13-22-20(24-19)26-10-4-6-16(14-26)11-15-5-3-8-21-12-15/h3,5,7-9,12-13,16H,4,6,10-11,14H2,1-2H3. The number of methoxy groups -OCH3 is 1. The minimum absolute atomic E-state index is 0.578. The topological polar surface area (TPSA) is 69.0 Å². The Kier molecular flexibility index (Phi) is 5.00. The van der Waals surface area contributed by atoms with Gasteiger partial charge in [-0.3, -0.25) is 9.67 Å². The fourth-order valence-corrected chi connectivity index (χ4v) is 3.72. The van der Waals surface area contributed by atoms with Crippen LogP contribution in [0.1, 0.15) is 18.4 Å². The molecule has 0 bridgehead atoms. The van der Waals surface area contributed by atoms with E-state index in [1.165, 1.54) is 12.0 Å². The zero-order valence-corrected chi connectivity index (χ0v) is 15.7. The number of hydrogen-bond acceptors (Lipinski definition) is 6. The molecule has 1 aliphatic rings. The first-order valence-electron chi connectivity index (χ1n) is 9.28. The number of ether oxygens (including phenoxy) is 1. The van der Waals surface area contributed by atoms with Crippen molar-refractivity contribution in [3.8, 4) is 17.1 Å². The zero-order chi connectivity index (χ0) is 18.6. The number of nitrogens with zero attached hydrogens (tertiary/aromatic N) is 6. The molecule has 7 heteroatoms. The van der Waals surface area contributed by atoms with Crippen molar-refractivity contribution in [3.05, 3.63) is 48.5 Å². The van der Waals surface area contributed by atoms with Gasteiger partial charge in [-0.2, -0.15) is 5.10 Å². The van der Waals surface area contributed by atoms with Crippen LogP contribution >= 0.6 is 0 Å². The van der Waals surface area contributed by atoms with Gasteiger partial charge in [-0.15, -0.1) is 0 Å². The summed E-state index contributed by atoms with van der Waals surface area (Å²) in [4.78, 5) is 15.9. The molecular weight excluding hydrogens is 340 g/mol. The summed E-state index contributed by atoms with van der Waals surface area (Å²) in [6.07, 6.45) is 10.7. The van der Waals surface area contributed by atoms with Gasteiger partial charge in [-0.25, -0.2) is 9.97 Å². The van der Waals surface area contributed by atoms with Crippen molar-refractivity contribution in [3.63, 3.8) is 0 Å². The normalized spacial score (nSPS) is 17.1. The van der Waals surface area contributed by atoms with Gasteiger partial charge >= 0.3 is 0 Å². The number of aryl methyl sites for hydroxylation is 1. The van der Waals surface area contributed by atoms with Crippen LogP contribution in [0.25, 0.3) is 11.4 Å². The van der Waals surface area contributed by atoms with E-state index in [-0.39, 0.29) is 0 Å². The highest BCUT2D eigenvalue weighted by molar-refractivity contribution is 5.63. The van der Waals surface area contributed by atoms with Crippen molar-refractivity contribution < 1.29 is 4.74 Å². The van der Waals surface area contributed by atoms with Crippen LogP contribution in [0.4, 0.5) is 5.95 Å². The van der Waals surface area contributed by atoms with Gasteiger partial charge in [-0.1, -0.05) is 6.07 Å². The zero-order valence-electron chi connectivity index (χ0n) is 15.7. The lowest BCUT2D eigenvalue weighted by Crippen LogP contribution is -2.37. The van der Waals surface area contributed by atoms with Crippen LogP contribution in [0.15, 0.2) is 43.0 Å². The summed E-state index contributed by atoms with van der Waals surface area (Å²) in [6.45, 7) is 1.92. The van der Waals surface area contributed by atoms with Crippen molar-refractivity contribution >= 4 is 5.95 Å². The minimum atomic E-state index is 0.578. The maximum absolute atomic E-state index is 5.48. The summed E-state index contributed by atoms with van der Waals surface area (Å²) >= 11 is 0. The van der Waals surface area contributed by atoms with Gasteiger partial charge < -0.3 is 9.64 Å². The molecule has 1 aliphatic heterocycles. The highest BCUT2D eigenvalue weighted by atomic mass is 16.5. The van der Waals surface area contributed by atoms with Gasteiger partial charge in [0.15, 0.2) is 5.75 Å². The van der Waals surface area contributed by atoms with E-state index in [1.807, 2.05) is 31.6 Å². The first-order valence-corrected chi connectivity index (χ1v) is 9.28. The Labute approximate surface area is 159 Å². The fourth-order valence-electron chi connectivity index (χ4n) is 3.72. The quantitative estimate of drug-likeness (QED) is 0.693. The third-order valence-corrected chi connectivity index (χ3v) is 5.07. The van der Waals surface area contributed by atoms with Crippen LogP contribution in [0, 0.1) is 5.92 Å². The molecule has 1 saturated heterocycles. The molecule has 0 aliphatic carbocycles. The minimum Gasteiger partial charge on any atom is -0.493 e. The molecule has 3 aromatic heterocycles. The van der Waals surface area contributed by atoms with Gasteiger partial charge in [0.25, 0.3) is 0 Å². The largest absolute Gasteiger partial charge is 0.493 e. The maximum Gasteiger partial charge on any atom is 0.226 e. The molecule has 1 atom stereocenters. The molecule has 1 fully saturated rings. The summed E-state index contributed by atoms with van der Waals surface area (Å²) in [6, 6.07) is 6.09. The predicted molar refractivity (Wildman–Crippen MR) is 104 cm³/mol. The van der Waals surface area contributed by atoms with Crippen molar-refractivity contribution in [2.75, 3.05) is 25.1 Å². The molecule has 1 unspecified atom stereocenters. The van der Waals surface area contributed by atoms with Gasteiger partial charge in [0.2, 0.25) is 5.95 Å². The molecule has 0 amide bonds. The van der Waals surface area contributed by atoms with E-state index in [1.54, 1.807) is 24.2 Å². The van der Waals surface area contributed by atoms with Crippen molar-refractivity contribution in [2.24, 2.45) is 13.0 Å². The first kappa shape index (κ1) is 17.5. The molecule has 27 heavy (non-hydrogen) atoms. The lowest BCUT2D eigenvalue weighted by molar-refractivity contribution is 0.403. The third kappa shape index (κ3) is 3.77. The van der Waals surface area contributed by atoms with Crippen LogP contribution < -0.4 is 9.64 Å². The highest BCUT2D eigenvalue weighted by Gasteiger charge is 2.23. The molecule has 140 valence electrons. The summed E-state index contributed by atoms with van der Waals surface area (Å²) in [5.41, 5.74) is 2.98. The molecule has 0 N–H and O–H groups in total. The van der Waals surface area contributed by atoms with E-state index in [2.05, 4.69) is 26.0 Å². The van der Waals surface area contributed by atoms with Gasteiger partial charge in [0.1, 0.15) is 5.69 Å². The number of piperidine rings is 1. The third-order valence-electron chi connectivity index (χ3n) is 5.07. The summed E-state index contributed by atoms with van der Waals surface area (Å²) in [5.74, 6) is 1.99. The molecule has 0 saturated carbocycles. The van der Waals surface area contributed by atoms with Crippen LogP contribution in [-0.4, -0.2) is 44.9 Å². The van der Waals surface area contributed by atoms with E-state index in [4.69, 9.17) is 9.72 Å². The monoisotopic (exact) mass is 364 g/mol. The van der Waals surface area contributed by atoms with Gasteiger partial charge in [-0.05, 0) is 42.9 Å². The van der Waals surface area contributed by atoms with E-state index < -0.39 is 0 Å². The molecule has 4 heterocycles. The average Bonchev–Trinajstić information content (AvgIpc) is 3.14. The number of rotatable bonds is 5. The number of anilines is 1. The van der Waals surface area contributed by atoms with E-state index >= 15 is 0 Å². The van der Waals surface area contributed by atoms with Crippen molar-refractivity contribution in [2.45, 2.75) is 19.3 Å². The van der Waals surface area contributed by atoms with E-state index in [9.17, 15) is 0 Å². The smallest absolute Gasteiger partial charge is 0.226 e. The summed E-state index contributed by atoms with van der Waals surface area (Å²) in [7, 11) is 3.55. The van der Waals surface area contributed by atoms with Crippen LogP contribution in [0.5, 0.6) is 5.75 Å². The van der Waals surface area contributed by atoms with E-state index in [0.29, 0.717) is 11.7 Å². The predicted octanol–water partition coefficient (Wildman–Crippen LogP) is 2.74. The highest BCUT2D eigenvalue weighted by Crippen LogP contribution is 2.30. The second kappa shape index (κ2) is 7.73. The SMILES string of the molecule is COc1cnc(N2CCCC(Cc3cccnc3)C2)nc1-c1ccnn1C. The number of aromatic nitrogens is 5. The van der Waals surface area contributed by atoms with Crippen molar-refractivity contribution in [1.29, 1.82) is 0 Å². The number of pyridine rings is 1. The Bertz CT molecular complexity index is 894. The Morgan fingerprint density at radius 3 is 2.89 bits per heavy atom. The molecule has 0 radical (unpaired) electrons. The summed E-state index contributed by atoms with van der Waals surface area (Å²) in [5, 5.41) is 4.25. The second-order valence-corrected chi connectivity index (χ2v) is 6.95. The Hall–Kier alpha value is -2.96. The molecule has 7 nitrogen and oxygen atoms in total. The molecule has 3 aromatic rings. The average molecular weight is 364 g/mol. The van der Waals surface area contributed by atoms with Crippen molar-refractivity contribution in [1.82, 2.24) is 24.7 Å². The molecule has 4 rings (SSSR count). The number of hydrogen-bond donors (Lipinski definition) is 0. The molecular formula is C20H24N6O. The first-order chi connectivity index (χ1) is 13.2. The molecule has 0 spiro atoms. The van der Waals surface area contributed by atoms with E-state index in [0.717, 1.165) is 43.3 Å². The van der Waals surface area contributed by atoms with Crippen LogP contribution in [0.3, 0.4) is 0 Å². The van der Waals surface area contributed by atoms with Crippen LogP contribution in [0.2, 0.25) is 0 Å². The second-order valence-electron chi connectivity index (χ2n) is 6.95. The molecule has 0 aromatic carbocycles. The van der Waals surface area contributed by atoms with Crippen LogP contribution in [-0.2, 0) is 13.5 Å². The lowest BCUT2D eigenvalue weighted by atomic mass is 9.92. The summed E-state index contributed by atoms with van der Waals surface area (Å²) < 4.78 is 7.28. The Morgan fingerprint density at radius 1 is 1.22 bits per heavy atom.